The summed E-state index contributed by atoms with van der Waals surface area (Å²) in [5, 5.41) is 9.78. The molecule has 1 aliphatic heterocycles. The van der Waals surface area contributed by atoms with E-state index < -0.39 is 0 Å². The lowest BCUT2D eigenvalue weighted by atomic mass is 10.4. The highest BCUT2D eigenvalue weighted by Gasteiger charge is 2.21. The molecule has 0 unspecified atom stereocenters. The third kappa shape index (κ3) is 1.83. The first-order valence-corrected chi connectivity index (χ1v) is 4.01. The zero-order valence-electron chi connectivity index (χ0n) is 6.79. The highest BCUT2D eigenvalue weighted by Crippen LogP contribution is 2.08. The van der Waals surface area contributed by atoms with E-state index in [0.29, 0.717) is 6.54 Å². The second-order valence-corrected chi connectivity index (χ2v) is 2.69. The van der Waals surface area contributed by atoms with Gasteiger partial charge in [-0.15, -0.1) is 0 Å². The van der Waals surface area contributed by atoms with Gasteiger partial charge in [-0.1, -0.05) is 0 Å². The van der Waals surface area contributed by atoms with Gasteiger partial charge in [0, 0.05) is 19.6 Å². The van der Waals surface area contributed by atoms with E-state index in [1.165, 1.54) is 0 Å². The summed E-state index contributed by atoms with van der Waals surface area (Å²) < 4.78 is 0. The molecule has 1 N–H and O–H groups in total. The molecule has 11 heavy (non-hydrogen) atoms. The van der Waals surface area contributed by atoms with Gasteiger partial charge in [-0.2, -0.15) is 0 Å². The van der Waals surface area contributed by atoms with Crippen LogP contribution < -0.4 is 0 Å². The number of rotatable bonds is 1. The van der Waals surface area contributed by atoms with Gasteiger partial charge in [0.15, 0.2) is 0 Å². The zero-order valence-corrected chi connectivity index (χ0v) is 6.79. The van der Waals surface area contributed by atoms with Crippen molar-refractivity contribution in [2.45, 2.75) is 19.8 Å². The van der Waals surface area contributed by atoms with E-state index in [0.717, 1.165) is 31.0 Å². The fourth-order valence-electron chi connectivity index (χ4n) is 1.21. The molecule has 1 rings (SSSR count). The van der Waals surface area contributed by atoms with Crippen LogP contribution in [0.4, 0.5) is 4.79 Å². The maximum absolute atomic E-state index is 11.2. The Hall–Kier alpha value is -0.770. The number of carbonyl (C=O) groups is 1. The van der Waals surface area contributed by atoms with E-state index in [-0.39, 0.29) is 6.03 Å². The van der Waals surface area contributed by atoms with E-state index in [9.17, 15) is 4.79 Å². The number of nitrogens with zero attached hydrogens (tertiary/aromatic N) is 2. The summed E-state index contributed by atoms with van der Waals surface area (Å²) in [6.45, 7) is 3.68. The molecule has 0 aromatic rings. The van der Waals surface area contributed by atoms with Crippen LogP contribution in [0, 0.1) is 0 Å². The van der Waals surface area contributed by atoms with E-state index in [1.54, 1.807) is 11.8 Å². The Bertz CT molecular complexity index is 143. The number of carbonyl (C=O) groups excluding carboxylic acids is 1. The number of hydrogen-bond acceptors (Lipinski definition) is 2. The largest absolute Gasteiger partial charge is 0.343 e. The van der Waals surface area contributed by atoms with Gasteiger partial charge in [0.05, 0.1) is 0 Å². The molecule has 1 fully saturated rings. The van der Waals surface area contributed by atoms with Crippen LogP contribution in [0.2, 0.25) is 0 Å². The van der Waals surface area contributed by atoms with E-state index in [2.05, 4.69) is 0 Å². The Labute approximate surface area is 66.4 Å². The van der Waals surface area contributed by atoms with Crippen LogP contribution in [-0.2, 0) is 0 Å². The highest BCUT2D eigenvalue weighted by atomic mass is 16.5. The lowest BCUT2D eigenvalue weighted by Crippen LogP contribution is -2.39. The fourth-order valence-corrected chi connectivity index (χ4v) is 1.21. The molecule has 2 amide bonds. The predicted molar refractivity (Wildman–Crippen MR) is 40.4 cm³/mol. The topological polar surface area (TPSA) is 43.8 Å². The summed E-state index contributed by atoms with van der Waals surface area (Å²) in [5.74, 6) is 0. The van der Waals surface area contributed by atoms with Crippen molar-refractivity contribution < 1.29 is 10.0 Å². The molecule has 0 aliphatic carbocycles. The Morgan fingerprint density at radius 1 is 1.55 bits per heavy atom. The third-order valence-electron chi connectivity index (χ3n) is 1.90. The first-order chi connectivity index (χ1) is 5.25. The average molecular weight is 158 g/mol. The third-order valence-corrected chi connectivity index (χ3v) is 1.90. The first-order valence-electron chi connectivity index (χ1n) is 4.01. The molecule has 0 radical (unpaired) electrons. The van der Waals surface area contributed by atoms with Crippen molar-refractivity contribution in [2.24, 2.45) is 0 Å². The summed E-state index contributed by atoms with van der Waals surface area (Å²) in [4.78, 5) is 12.8. The van der Waals surface area contributed by atoms with Gasteiger partial charge in [-0.05, 0) is 19.8 Å². The summed E-state index contributed by atoms with van der Waals surface area (Å²) in [7, 11) is 0. The molecule has 4 heteroatoms. The Morgan fingerprint density at radius 2 is 2.09 bits per heavy atom. The van der Waals surface area contributed by atoms with E-state index >= 15 is 0 Å². The second kappa shape index (κ2) is 3.57. The molecule has 0 saturated carbocycles. The Balaban J connectivity index is 2.39. The first kappa shape index (κ1) is 8.33. The maximum Gasteiger partial charge on any atom is 0.343 e. The zero-order chi connectivity index (χ0) is 8.27. The molecular formula is C7H14N2O2. The molecule has 1 aliphatic rings. The van der Waals surface area contributed by atoms with Crippen molar-refractivity contribution in [3.63, 3.8) is 0 Å². The molecule has 64 valence electrons. The fraction of sp³-hybridized carbons (Fsp3) is 0.857. The number of likely N-dealkylation sites (tertiary alicyclic amines) is 1. The van der Waals surface area contributed by atoms with Gasteiger partial charge in [-0.3, -0.25) is 5.21 Å². The van der Waals surface area contributed by atoms with Crippen LogP contribution in [0.3, 0.4) is 0 Å². The van der Waals surface area contributed by atoms with Crippen LogP contribution in [0.1, 0.15) is 19.8 Å². The quantitative estimate of drug-likeness (QED) is 0.455. The number of amides is 2. The van der Waals surface area contributed by atoms with Crippen LogP contribution in [0.25, 0.3) is 0 Å². The average Bonchev–Trinajstić information content (AvgIpc) is 2.53. The molecule has 1 heterocycles. The van der Waals surface area contributed by atoms with Crippen LogP contribution in [0.15, 0.2) is 0 Å². The molecule has 0 spiro atoms. The minimum Gasteiger partial charge on any atom is -0.323 e. The van der Waals surface area contributed by atoms with E-state index in [1.807, 2.05) is 0 Å². The Kier molecular flexibility index (Phi) is 2.70. The minimum absolute atomic E-state index is 0.259. The number of urea groups is 1. The van der Waals surface area contributed by atoms with Crippen molar-refractivity contribution in [1.82, 2.24) is 9.96 Å². The summed E-state index contributed by atoms with van der Waals surface area (Å²) in [6.07, 6.45) is 2.12. The summed E-state index contributed by atoms with van der Waals surface area (Å²) >= 11 is 0. The minimum atomic E-state index is -0.259. The monoisotopic (exact) mass is 158 g/mol. The Morgan fingerprint density at radius 3 is 2.55 bits per heavy atom. The van der Waals surface area contributed by atoms with Crippen molar-refractivity contribution in [2.75, 3.05) is 19.6 Å². The predicted octanol–water partition coefficient (Wildman–Crippen LogP) is 0.913. The van der Waals surface area contributed by atoms with Crippen LogP contribution in [0.5, 0.6) is 0 Å². The van der Waals surface area contributed by atoms with Crippen LogP contribution in [-0.4, -0.2) is 40.8 Å². The summed E-state index contributed by atoms with van der Waals surface area (Å²) in [6, 6.07) is -0.259. The van der Waals surface area contributed by atoms with Crippen molar-refractivity contribution >= 4 is 6.03 Å². The van der Waals surface area contributed by atoms with Gasteiger partial charge < -0.3 is 4.90 Å². The van der Waals surface area contributed by atoms with Gasteiger partial charge >= 0.3 is 6.03 Å². The number of hydroxylamine groups is 2. The van der Waals surface area contributed by atoms with Crippen molar-refractivity contribution in [3.8, 4) is 0 Å². The lowest BCUT2D eigenvalue weighted by molar-refractivity contribution is -0.0504. The normalized spacial score (nSPS) is 17.1. The van der Waals surface area contributed by atoms with Gasteiger partial charge in [0.25, 0.3) is 0 Å². The van der Waals surface area contributed by atoms with Crippen LogP contribution >= 0.6 is 0 Å². The van der Waals surface area contributed by atoms with Gasteiger partial charge in [-0.25, -0.2) is 9.86 Å². The SMILES string of the molecule is CCN(O)C(=O)N1CCCC1. The van der Waals surface area contributed by atoms with Gasteiger partial charge in [0.1, 0.15) is 0 Å². The maximum atomic E-state index is 11.2. The molecule has 0 aromatic heterocycles. The summed E-state index contributed by atoms with van der Waals surface area (Å²) in [5.41, 5.74) is 0. The molecule has 1 saturated heterocycles. The second-order valence-electron chi connectivity index (χ2n) is 2.69. The molecule has 0 bridgehead atoms. The standard InChI is InChI=1S/C7H14N2O2/c1-2-9(11)7(10)8-5-3-4-6-8/h11H,2-6H2,1H3. The molecule has 0 atom stereocenters. The van der Waals surface area contributed by atoms with Gasteiger partial charge in [0.2, 0.25) is 0 Å². The van der Waals surface area contributed by atoms with Crippen molar-refractivity contribution in [3.05, 3.63) is 0 Å². The smallest absolute Gasteiger partial charge is 0.323 e. The molecule has 0 aromatic carbocycles. The number of hydrogen-bond donors (Lipinski definition) is 1. The molecular weight excluding hydrogens is 144 g/mol. The molecule has 4 nitrogen and oxygen atoms in total. The lowest BCUT2D eigenvalue weighted by Gasteiger charge is -2.20. The van der Waals surface area contributed by atoms with E-state index in [4.69, 9.17) is 5.21 Å². The van der Waals surface area contributed by atoms with Crippen molar-refractivity contribution in [1.29, 1.82) is 0 Å². The highest BCUT2D eigenvalue weighted by molar-refractivity contribution is 5.73.